The second-order valence-corrected chi connectivity index (χ2v) is 10.0. The van der Waals surface area contributed by atoms with Crippen LogP contribution in [0.1, 0.15) is 25.1 Å². The maximum absolute atomic E-state index is 12.6. The molecule has 174 valence electrons. The number of nitrogens with one attached hydrogen (secondary N) is 2. The van der Waals surface area contributed by atoms with Gasteiger partial charge in [-0.05, 0) is 32.0 Å². The first-order valence-electron chi connectivity index (χ1n) is 10.4. The molecule has 0 saturated carbocycles. The second-order valence-electron chi connectivity index (χ2n) is 7.80. The molecule has 1 aliphatic heterocycles. The number of nitrogens with zero attached hydrogens (tertiary/aromatic N) is 3. The van der Waals surface area contributed by atoms with Gasteiger partial charge >= 0.3 is 0 Å². The number of aryl methyl sites for hydroxylation is 1. The van der Waals surface area contributed by atoms with Gasteiger partial charge in [0.1, 0.15) is 11.6 Å². The number of likely N-dealkylation sites (N-methyl/N-ethyl adjacent to an activating group) is 1. The van der Waals surface area contributed by atoms with E-state index in [4.69, 9.17) is 4.74 Å². The van der Waals surface area contributed by atoms with Gasteiger partial charge in [0.15, 0.2) is 9.84 Å². The smallest absolute Gasteiger partial charge is 0.239 e. The predicted molar refractivity (Wildman–Crippen MR) is 122 cm³/mol. The molecular weight excluding hydrogens is 434 g/mol. The molecule has 1 unspecified atom stereocenters. The lowest BCUT2D eigenvalue weighted by atomic mass is 10.3. The van der Waals surface area contributed by atoms with Gasteiger partial charge in [-0.2, -0.15) is 5.10 Å². The van der Waals surface area contributed by atoms with Crippen LogP contribution in [0.3, 0.4) is 0 Å². The van der Waals surface area contributed by atoms with E-state index in [0.717, 1.165) is 0 Å². The van der Waals surface area contributed by atoms with E-state index in [1.807, 2.05) is 6.92 Å². The van der Waals surface area contributed by atoms with Crippen LogP contribution >= 0.6 is 0 Å². The summed E-state index contributed by atoms with van der Waals surface area (Å²) in [5.74, 6) is 0.689. The van der Waals surface area contributed by atoms with Gasteiger partial charge in [0.05, 0.1) is 43.4 Å². The van der Waals surface area contributed by atoms with Crippen LogP contribution < -0.4 is 15.4 Å². The average molecular weight is 464 g/mol. The zero-order chi connectivity index (χ0) is 23.3. The van der Waals surface area contributed by atoms with Crippen LogP contribution in [0.5, 0.6) is 5.75 Å². The van der Waals surface area contributed by atoms with Gasteiger partial charge in [0, 0.05) is 17.8 Å². The Morgan fingerprint density at radius 1 is 1.22 bits per heavy atom. The van der Waals surface area contributed by atoms with E-state index in [-0.39, 0.29) is 42.5 Å². The number of amides is 2. The van der Waals surface area contributed by atoms with Crippen LogP contribution in [0, 0.1) is 6.92 Å². The zero-order valence-electron chi connectivity index (χ0n) is 18.5. The third kappa shape index (κ3) is 6.30. The Hall–Kier alpha value is -2.92. The van der Waals surface area contributed by atoms with Crippen LogP contribution in [-0.4, -0.2) is 73.2 Å². The molecule has 2 aromatic rings. The van der Waals surface area contributed by atoms with E-state index in [9.17, 15) is 18.0 Å². The minimum atomic E-state index is -3.08. The normalized spacial score (nSPS) is 17.3. The summed E-state index contributed by atoms with van der Waals surface area (Å²) >= 11 is 0. The fourth-order valence-electron chi connectivity index (χ4n) is 3.63. The molecule has 0 radical (unpaired) electrons. The lowest BCUT2D eigenvalue weighted by Gasteiger charge is -2.20. The van der Waals surface area contributed by atoms with Crippen molar-refractivity contribution in [1.82, 2.24) is 14.7 Å². The number of ether oxygens (including phenoxy) is 1. The maximum atomic E-state index is 12.6. The second kappa shape index (κ2) is 10.1. The summed E-state index contributed by atoms with van der Waals surface area (Å²) in [5, 5.41) is 9.98. The van der Waals surface area contributed by atoms with Crippen molar-refractivity contribution in [3.05, 3.63) is 36.0 Å². The van der Waals surface area contributed by atoms with E-state index in [0.29, 0.717) is 35.9 Å². The highest BCUT2D eigenvalue weighted by Crippen LogP contribution is 2.27. The van der Waals surface area contributed by atoms with Crippen LogP contribution in [0.25, 0.3) is 0 Å². The molecule has 10 nitrogen and oxygen atoms in total. The summed E-state index contributed by atoms with van der Waals surface area (Å²) in [6.45, 7) is 4.20. The van der Waals surface area contributed by atoms with E-state index in [2.05, 4.69) is 15.7 Å². The van der Waals surface area contributed by atoms with Gasteiger partial charge in [-0.1, -0.05) is 13.0 Å². The topological polar surface area (TPSA) is 123 Å². The Morgan fingerprint density at radius 3 is 2.56 bits per heavy atom. The van der Waals surface area contributed by atoms with Crippen molar-refractivity contribution in [1.29, 1.82) is 0 Å². The molecular formula is C21H29N5O5S. The van der Waals surface area contributed by atoms with Crippen molar-refractivity contribution in [2.24, 2.45) is 0 Å². The van der Waals surface area contributed by atoms with Crippen LogP contribution in [0.2, 0.25) is 0 Å². The molecule has 2 amide bonds. The zero-order valence-corrected chi connectivity index (χ0v) is 19.3. The van der Waals surface area contributed by atoms with Crippen LogP contribution in [-0.2, 0) is 19.4 Å². The molecule has 3 rings (SSSR count). The molecule has 2 N–H and O–H groups in total. The minimum absolute atomic E-state index is 0.00915. The van der Waals surface area contributed by atoms with Crippen molar-refractivity contribution in [2.45, 2.75) is 26.3 Å². The Balaban J connectivity index is 1.58. The highest BCUT2D eigenvalue weighted by Gasteiger charge is 2.31. The van der Waals surface area contributed by atoms with Crippen LogP contribution in [0.4, 0.5) is 11.5 Å². The van der Waals surface area contributed by atoms with Gasteiger partial charge in [-0.15, -0.1) is 0 Å². The standard InChI is InChI=1S/C21H29N5O5S/c1-4-25(12-20(27)22-16-6-5-7-18(11-16)31-3)13-21(28)23-19-10-15(2)24-26(19)17-8-9-32(29,30)14-17/h5-7,10-11,17H,4,8-9,12-14H2,1-3H3,(H,22,27)(H,23,28). The summed E-state index contributed by atoms with van der Waals surface area (Å²) in [7, 11) is -1.53. The summed E-state index contributed by atoms with van der Waals surface area (Å²) in [6, 6.07) is 8.46. The van der Waals surface area contributed by atoms with Crippen molar-refractivity contribution in [3.63, 3.8) is 0 Å². The fourth-order valence-corrected chi connectivity index (χ4v) is 5.32. The number of sulfone groups is 1. The third-order valence-corrected chi connectivity index (χ3v) is 6.97. The lowest BCUT2D eigenvalue weighted by molar-refractivity contribution is -0.119. The Morgan fingerprint density at radius 2 is 1.94 bits per heavy atom. The fraction of sp³-hybridized carbons (Fsp3) is 0.476. The molecule has 1 saturated heterocycles. The largest absolute Gasteiger partial charge is 0.497 e. The van der Waals surface area contributed by atoms with E-state index in [1.165, 1.54) is 0 Å². The van der Waals surface area contributed by atoms with Crippen molar-refractivity contribution in [2.75, 3.05) is 48.9 Å². The quantitative estimate of drug-likeness (QED) is 0.577. The molecule has 1 aliphatic rings. The maximum Gasteiger partial charge on any atom is 0.239 e. The molecule has 0 spiro atoms. The molecule has 11 heteroatoms. The van der Waals surface area contributed by atoms with E-state index >= 15 is 0 Å². The van der Waals surface area contributed by atoms with Gasteiger partial charge in [-0.25, -0.2) is 13.1 Å². The number of benzene rings is 1. The monoisotopic (exact) mass is 463 g/mol. The highest BCUT2D eigenvalue weighted by atomic mass is 32.2. The Bertz CT molecular complexity index is 1080. The number of aromatic nitrogens is 2. The molecule has 1 atom stereocenters. The van der Waals surface area contributed by atoms with Gasteiger partial charge in [0.25, 0.3) is 0 Å². The Kier molecular flexibility index (Phi) is 7.52. The van der Waals surface area contributed by atoms with E-state index < -0.39 is 9.84 Å². The molecule has 0 bridgehead atoms. The van der Waals surface area contributed by atoms with Crippen molar-refractivity contribution < 1.29 is 22.7 Å². The number of methoxy groups -OCH3 is 1. The van der Waals surface area contributed by atoms with Gasteiger partial charge in [-0.3, -0.25) is 14.5 Å². The third-order valence-electron chi connectivity index (χ3n) is 5.21. The molecule has 1 aromatic heterocycles. The summed E-state index contributed by atoms with van der Waals surface area (Å²) in [6.07, 6.45) is 0.470. The summed E-state index contributed by atoms with van der Waals surface area (Å²) < 4.78 is 30.4. The molecule has 0 aliphatic carbocycles. The lowest BCUT2D eigenvalue weighted by Crippen LogP contribution is -2.39. The van der Waals surface area contributed by atoms with Gasteiger partial charge in [0.2, 0.25) is 11.8 Å². The Labute approximate surface area is 187 Å². The SMILES string of the molecule is CCN(CC(=O)Nc1cccc(OC)c1)CC(=O)Nc1cc(C)nn1C1CCS(=O)(=O)C1. The highest BCUT2D eigenvalue weighted by molar-refractivity contribution is 7.91. The number of hydrogen-bond donors (Lipinski definition) is 2. The molecule has 1 fully saturated rings. The number of carbonyl (C=O) groups excluding carboxylic acids is 2. The van der Waals surface area contributed by atoms with E-state index in [1.54, 1.807) is 53.9 Å². The first kappa shape index (κ1) is 23.7. The van der Waals surface area contributed by atoms with Crippen molar-refractivity contribution >= 4 is 33.2 Å². The minimum Gasteiger partial charge on any atom is -0.497 e. The molecule has 32 heavy (non-hydrogen) atoms. The predicted octanol–water partition coefficient (Wildman–Crippen LogP) is 1.46. The number of rotatable bonds is 9. The average Bonchev–Trinajstić information content (AvgIpc) is 3.28. The first-order chi connectivity index (χ1) is 15.2. The molecule has 1 aromatic carbocycles. The van der Waals surface area contributed by atoms with Gasteiger partial charge < -0.3 is 15.4 Å². The summed E-state index contributed by atoms with van der Waals surface area (Å²) in [4.78, 5) is 26.8. The first-order valence-corrected chi connectivity index (χ1v) is 12.2. The van der Waals surface area contributed by atoms with Crippen molar-refractivity contribution in [3.8, 4) is 5.75 Å². The number of anilines is 2. The number of hydrogen-bond acceptors (Lipinski definition) is 7. The summed E-state index contributed by atoms with van der Waals surface area (Å²) in [5.41, 5.74) is 1.30. The van der Waals surface area contributed by atoms with Crippen LogP contribution in [0.15, 0.2) is 30.3 Å². The molecule has 2 heterocycles. The number of carbonyl (C=O) groups is 2.